The fourth-order valence-corrected chi connectivity index (χ4v) is 2.24. The maximum Gasteiger partial charge on any atom is 0.405 e. The lowest BCUT2D eigenvalue weighted by Gasteiger charge is -2.09. The first kappa shape index (κ1) is 11.5. The second-order valence-corrected chi connectivity index (χ2v) is 4.38. The average molecular weight is 229 g/mol. The Balaban J connectivity index is 2.23. The van der Waals surface area contributed by atoms with Gasteiger partial charge in [-0.1, -0.05) is 30.3 Å². The van der Waals surface area contributed by atoms with Crippen LogP contribution in [0.5, 0.6) is 0 Å². The predicted octanol–water partition coefficient (Wildman–Crippen LogP) is 3.38. The molecule has 0 spiro atoms. The lowest BCUT2D eigenvalue weighted by atomic mass is 10.1. The summed E-state index contributed by atoms with van der Waals surface area (Å²) in [7, 11) is 0. The van der Waals surface area contributed by atoms with Crippen LogP contribution in [-0.4, -0.2) is 23.2 Å². The van der Waals surface area contributed by atoms with Crippen LogP contribution in [0.3, 0.4) is 0 Å². The first-order chi connectivity index (χ1) is 7.43. The molecule has 16 heavy (non-hydrogen) atoms. The highest BCUT2D eigenvalue weighted by Crippen LogP contribution is 2.52. The normalized spacial score (nSPS) is 29.5. The van der Waals surface area contributed by atoms with Gasteiger partial charge in [-0.15, -0.1) is 0 Å². The van der Waals surface area contributed by atoms with E-state index in [1.165, 1.54) is 4.90 Å². The van der Waals surface area contributed by atoms with Gasteiger partial charge >= 0.3 is 6.18 Å². The second kappa shape index (κ2) is 3.77. The van der Waals surface area contributed by atoms with Crippen molar-refractivity contribution >= 4 is 0 Å². The summed E-state index contributed by atoms with van der Waals surface area (Å²) in [6.45, 7) is 3.59. The van der Waals surface area contributed by atoms with Crippen molar-refractivity contribution in [3.63, 3.8) is 0 Å². The van der Waals surface area contributed by atoms with Crippen LogP contribution >= 0.6 is 0 Å². The Kier molecular flexibility index (Phi) is 2.70. The first-order valence-corrected chi connectivity index (χ1v) is 5.32. The summed E-state index contributed by atoms with van der Waals surface area (Å²) in [5.74, 6) is 0. The number of alkyl halides is 3. The standard InChI is InChI=1S/C12H14F3N/c1-8(2)16-10(11(16)12(13,14)15)9-6-4-3-5-7-9/h3-8,10-11H,1-2H3/t10-,11-,16?/m0/s1. The first-order valence-electron chi connectivity index (χ1n) is 5.32. The summed E-state index contributed by atoms with van der Waals surface area (Å²) >= 11 is 0. The van der Waals surface area contributed by atoms with Gasteiger partial charge < -0.3 is 0 Å². The van der Waals surface area contributed by atoms with Crippen molar-refractivity contribution in [1.29, 1.82) is 0 Å². The molecule has 0 bridgehead atoms. The third kappa shape index (κ3) is 1.94. The molecule has 1 heterocycles. The van der Waals surface area contributed by atoms with Crippen LogP contribution in [-0.2, 0) is 0 Å². The van der Waals surface area contributed by atoms with E-state index in [0.29, 0.717) is 0 Å². The molecule has 0 aliphatic carbocycles. The third-order valence-electron chi connectivity index (χ3n) is 2.92. The molecule has 1 aliphatic heterocycles. The zero-order valence-electron chi connectivity index (χ0n) is 9.20. The van der Waals surface area contributed by atoms with Gasteiger partial charge in [-0.3, -0.25) is 4.90 Å². The maximum atomic E-state index is 12.7. The van der Waals surface area contributed by atoms with Crippen LogP contribution in [0.2, 0.25) is 0 Å². The summed E-state index contributed by atoms with van der Waals surface area (Å²) in [5.41, 5.74) is 0.749. The summed E-state index contributed by atoms with van der Waals surface area (Å²) in [6.07, 6.45) is -4.13. The molecule has 1 fully saturated rings. The average Bonchev–Trinajstić information content (AvgIpc) is 2.93. The van der Waals surface area contributed by atoms with Crippen molar-refractivity contribution in [2.24, 2.45) is 0 Å². The fraction of sp³-hybridized carbons (Fsp3) is 0.500. The van der Waals surface area contributed by atoms with Crippen molar-refractivity contribution in [3.8, 4) is 0 Å². The van der Waals surface area contributed by atoms with Gasteiger partial charge in [0.2, 0.25) is 0 Å². The van der Waals surface area contributed by atoms with Crippen molar-refractivity contribution in [2.45, 2.75) is 38.1 Å². The summed E-state index contributed by atoms with van der Waals surface area (Å²) in [6, 6.07) is 6.98. The summed E-state index contributed by atoms with van der Waals surface area (Å²) < 4.78 is 38.2. The SMILES string of the molecule is CC(C)N1[C@H](C(F)(F)F)[C@@H]1c1ccccc1. The maximum absolute atomic E-state index is 12.7. The molecule has 0 radical (unpaired) electrons. The quantitative estimate of drug-likeness (QED) is 0.702. The van der Waals surface area contributed by atoms with E-state index in [2.05, 4.69) is 0 Å². The molecule has 0 N–H and O–H groups in total. The van der Waals surface area contributed by atoms with Crippen molar-refractivity contribution in [3.05, 3.63) is 35.9 Å². The molecule has 0 saturated carbocycles. The van der Waals surface area contributed by atoms with Crippen LogP contribution in [0.25, 0.3) is 0 Å². The van der Waals surface area contributed by atoms with Crippen molar-refractivity contribution < 1.29 is 13.2 Å². The van der Waals surface area contributed by atoms with Gasteiger partial charge in [0.25, 0.3) is 0 Å². The van der Waals surface area contributed by atoms with E-state index >= 15 is 0 Å². The molecule has 1 unspecified atom stereocenters. The van der Waals surface area contributed by atoms with E-state index in [1.54, 1.807) is 38.1 Å². The van der Waals surface area contributed by atoms with Gasteiger partial charge in [0.15, 0.2) is 0 Å². The van der Waals surface area contributed by atoms with Gasteiger partial charge in [0, 0.05) is 6.04 Å². The van der Waals surface area contributed by atoms with Gasteiger partial charge in [0.05, 0.1) is 6.04 Å². The lowest BCUT2D eigenvalue weighted by molar-refractivity contribution is -0.138. The highest BCUT2D eigenvalue weighted by Gasteiger charge is 2.63. The Hall–Kier alpha value is -1.03. The Bertz CT molecular complexity index is 358. The van der Waals surface area contributed by atoms with E-state index in [4.69, 9.17) is 0 Å². The van der Waals surface area contributed by atoms with Crippen LogP contribution in [0.15, 0.2) is 30.3 Å². The zero-order chi connectivity index (χ0) is 11.9. The number of nitrogens with zero attached hydrogens (tertiary/aromatic N) is 1. The highest BCUT2D eigenvalue weighted by molar-refractivity contribution is 5.28. The van der Waals surface area contributed by atoms with Gasteiger partial charge in [-0.25, -0.2) is 0 Å². The highest BCUT2D eigenvalue weighted by atomic mass is 19.4. The number of hydrogen-bond donors (Lipinski definition) is 0. The minimum absolute atomic E-state index is 0.0863. The minimum Gasteiger partial charge on any atom is -0.279 e. The van der Waals surface area contributed by atoms with Gasteiger partial charge in [-0.05, 0) is 19.4 Å². The molecule has 1 aromatic rings. The van der Waals surface area contributed by atoms with E-state index in [9.17, 15) is 13.2 Å². The lowest BCUT2D eigenvalue weighted by Crippen LogP contribution is -2.24. The van der Waals surface area contributed by atoms with Crippen LogP contribution in [0, 0.1) is 0 Å². The topological polar surface area (TPSA) is 3.01 Å². The van der Waals surface area contributed by atoms with E-state index < -0.39 is 18.3 Å². The smallest absolute Gasteiger partial charge is 0.279 e. The zero-order valence-corrected chi connectivity index (χ0v) is 9.20. The van der Waals surface area contributed by atoms with Crippen molar-refractivity contribution in [1.82, 2.24) is 4.90 Å². The Morgan fingerprint density at radius 1 is 1.12 bits per heavy atom. The van der Waals surface area contributed by atoms with Crippen molar-refractivity contribution in [2.75, 3.05) is 0 Å². The summed E-state index contributed by atoms with van der Waals surface area (Å²) in [4.78, 5) is 1.50. The fourth-order valence-electron chi connectivity index (χ4n) is 2.24. The van der Waals surface area contributed by atoms with Crippen LogP contribution in [0.1, 0.15) is 25.5 Å². The molecule has 1 aliphatic rings. The number of benzene rings is 1. The molecule has 1 nitrogen and oxygen atoms in total. The second-order valence-electron chi connectivity index (χ2n) is 4.38. The Morgan fingerprint density at radius 2 is 1.69 bits per heavy atom. The molecule has 0 aromatic heterocycles. The Labute approximate surface area is 92.9 Å². The molecule has 0 amide bonds. The predicted molar refractivity (Wildman–Crippen MR) is 56.0 cm³/mol. The molecular weight excluding hydrogens is 215 g/mol. The largest absolute Gasteiger partial charge is 0.405 e. The molecule has 3 atom stereocenters. The van der Waals surface area contributed by atoms with Gasteiger partial charge in [0.1, 0.15) is 6.04 Å². The van der Waals surface area contributed by atoms with E-state index in [1.807, 2.05) is 6.07 Å². The van der Waals surface area contributed by atoms with E-state index in [-0.39, 0.29) is 6.04 Å². The van der Waals surface area contributed by atoms with Crippen LogP contribution < -0.4 is 0 Å². The Morgan fingerprint density at radius 3 is 2.06 bits per heavy atom. The minimum atomic E-state index is -4.13. The number of rotatable bonds is 2. The third-order valence-corrected chi connectivity index (χ3v) is 2.92. The molecular formula is C12H14F3N. The van der Waals surface area contributed by atoms with Crippen LogP contribution in [0.4, 0.5) is 13.2 Å². The molecule has 1 saturated heterocycles. The number of hydrogen-bond acceptors (Lipinski definition) is 1. The molecule has 1 aromatic carbocycles. The van der Waals surface area contributed by atoms with E-state index in [0.717, 1.165) is 5.56 Å². The molecule has 88 valence electrons. The molecule has 2 rings (SSSR count). The summed E-state index contributed by atoms with van der Waals surface area (Å²) in [5, 5.41) is 0. The van der Waals surface area contributed by atoms with Gasteiger partial charge in [-0.2, -0.15) is 13.2 Å². The number of halogens is 3. The monoisotopic (exact) mass is 229 g/mol. The molecule has 4 heteroatoms.